The molecule has 0 N–H and O–H groups in total. The van der Waals surface area contributed by atoms with Gasteiger partial charge >= 0.3 is 0 Å². The molecule has 0 spiro atoms. The zero-order valence-corrected chi connectivity index (χ0v) is 9.93. The zero-order chi connectivity index (χ0) is 12.4. The second-order valence-corrected chi connectivity index (χ2v) is 4.14. The highest BCUT2D eigenvalue weighted by Gasteiger charge is 2.23. The van der Waals surface area contributed by atoms with E-state index in [-0.39, 0.29) is 12.6 Å². The number of hydrogen-bond acceptors (Lipinski definition) is 4. The van der Waals surface area contributed by atoms with Crippen LogP contribution in [-0.4, -0.2) is 26.4 Å². The van der Waals surface area contributed by atoms with Gasteiger partial charge in [0, 0.05) is 16.7 Å². The number of terminal acetylenes is 1. The minimum Gasteiger partial charge on any atom is -0.346 e. The van der Waals surface area contributed by atoms with Gasteiger partial charge in [-0.05, 0) is 6.07 Å². The molecule has 2 aliphatic rings. The van der Waals surface area contributed by atoms with E-state index in [1.54, 1.807) is 0 Å². The zero-order valence-electron chi connectivity index (χ0n) is 9.93. The average Bonchev–Trinajstić information content (AvgIpc) is 3.11. The SMILES string of the molecule is C#Cc1cc(C2OCCO2)ccc1C1OCCO1. The van der Waals surface area contributed by atoms with Crippen LogP contribution in [0.1, 0.15) is 29.3 Å². The monoisotopic (exact) mass is 246 g/mol. The van der Waals surface area contributed by atoms with Crippen molar-refractivity contribution in [2.45, 2.75) is 12.6 Å². The minimum absolute atomic E-state index is 0.309. The average molecular weight is 246 g/mol. The second kappa shape index (κ2) is 5.09. The highest BCUT2D eigenvalue weighted by molar-refractivity contribution is 5.44. The first kappa shape index (κ1) is 11.7. The Balaban J connectivity index is 1.89. The Morgan fingerprint density at radius 2 is 1.56 bits per heavy atom. The molecule has 2 saturated heterocycles. The third-order valence-electron chi connectivity index (χ3n) is 3.00. The highest BCUT2D eigenvalue weighted by Crippen LogP contribution is 2.30. The Morgan fingerprint density at radius 1 is 0.944 bits per heavy atom. The first-order valence-electron chi connectivity index (χ1n) is 5.95. The molecule has 3 rings (SSSR count). The van der Waals surface area contributed by atoms with Crippen LogP contribution < -0.4 is 0 Å². The molecule has 0 amide bonds. The van der Waals surface area contributed by atoms with Crippen LogP contribution in [0.2, 0.25) is 0 Å². The smallest absolute Gasteiger partial charge is 0.185 e. The molecule has 94 valence electrons. The maximum Gasteiger partial charge on any atom is 0.185 e. The molecule has 0 saturated carbocycles. The fourth-order valence-corrected chi connectivity index (χ4v) is 2.14. The Bertz CT molecular complexity index is 465. The van der Waals surface area contributed by atoms with Crippen LogP contribution >= 0.6 is 0 Å². The lowest BCUT2D eigenvalue weighted by molar-refractivity contribution is -0.0470. The molecule has 1 aromatic rings. The van der Waals surface area contributed by atoms with Crippen molar-refractivity contribution in [2.75, 3.05) is 26.4 Å². The van der Waals surface area contributed by atoms with Crippen LogP contribution in [0.25, 0.3) is 0 Å². The molecule has 0 aromatic heterocycles. The van der Waals surface area contributed by atoms with Crippen molar-refractivity contribution < 1.29 is 18.9 Å². The summed E-state index contributed by atoms with van der Waals surface area (Å²) >= 11 is 0. The van der Waals surface area contributed by atoms with E-state index in [4.69, 9.17) is 25.4 Å². The van der Waals surface area contributed by atoms with Crippen molar-refractivity contribution in [3.8, 4) is 12.3 Å². The third kappa shape index (κ3) is 2.14. The van der Waals surface area contributed by atoms with Crippen molar-refractivity contribution in [2.24, 2.45) is 0 Å². The molecule has 2 heterocycles. The lowest BCUT2D eigenvalue weighted by atomic mass is 10.0. The predicted molar refractivity (Wildman–Crippen MR) is 63.7 cm³/mol. The first-order chi connectivity index (χ1) is 8.88. The standard InChI is InChI=1S/C14H14O4/c1-2-10-9-11(13-15-5-6-16-13)3-4-12(10)14-17-7-8-18-14/h1,3-4,9,13-14H,5-8H2. The van der Waals surface area contributed by atoms with E-state index in [0.29, 0.717) is 26.4 Å². The van der Waals surface area contributed by atoms with Gasteiger partial charge in [-0.2, -0.15) is 0 Å². The summed E-state index contributed by atoms with van der Waals surface area (Å²) in [4.78, 5) is 0. The minimum atomic E-state index is -0.351. The van der Waals surface area contributed by atoms with Gasteiger partial charge in [0.1, 0.15) is 0 Å². The van der Waals surface area contributed by atoms with Gasteiger partial charge in [0.05, 0.1) is 26.4 Å². The van der Waals surface area contributed by atoms with Crippen molar-refractivity contribution in [1.29, 1.82) is 0 Å². The van der Waals surface area contributed by atoms with Gasteiger partial charge < -0.3 is 18.9 Å². The number of hydrogen-bond donors (Lipinski definition) is 0. The number of rotatable bonds is 2. The first-order valence-corrected chi connectivity index (χ1v) is 5.95. The fraction of sp³-hybridized carbons (Fsp3) is 0.429. The molecule has 0 bridgehead atoms. The molecular formula is C14H14O4. The van der Waals surface area contributed by atoms with Crippen LogP contribution in [0.5, 0.6) is 0 Å². The summed E-state index contributed by atoms with van der Waals surface area (Å²) in [5, 5.41) is 0. The van der Waals surface area contributed by atoms with E-state index in [1.165, 1.54) is 0 Å². The molecule has 2 fully saturated rings. The summed E-state index contributed by atoms with van der Waals surface area (Å²) in [6.45, 7) is 2.44. The Labute approximate surface area is 106 Å². The van der Waals surface area contributed by atoms with Gasteiger partial charge in [0.15, 0.2) is 12.6 Å². The summed E-state index contributed by atoms with van der Waals surface area (Å²) in [6.07, 6.45) is 4.88. The summed E-state index contributed by atoms with van der Waals surface area (Å²) in [7, 11) is 0. The molecule has 2 aliphatic heterocycles. The summed E-state index contributed by atoms with van der Waals surface area (Å²) in [6, 6.07) is 5.76. The van der Waals surface area contributed by atoms with Gasteiger partial charge in [0.25, 0.3) is 0 Å². The van der Waals surface area contributed by atoms with Gasteiger partial charge in [-0.1, -0.05) is 18.1 Å². The lowest BCUT2D eigenvalue weighted by Gasteiger charge is -2.15. The fourth-order valence-electron chi connectivity index (χ4n) is 2.14. The van der Waals surface area contributed by atoms with Crippen molar-refractivity contribution in [3.63, 3.8) is 0 Å². The van der Waals surface area contributed by atoms with E-state index in [9.17, 15) is 0 Å². The van der Waals surface area contributed by atoms with E-state index >= 15 is 0 Å². The van der Waals surface area contributed by atoms with Crippen LogP contribution in [0, 0.1) is 12.3 Å². The van der Waals surface area contributed by atoms with E-state index in [0.717, 1.165) is 16.7 Å². The molecule has 18 heavy (non-hydrogen) atoms. The van der Waals surface area contributed by atoms with Crippen LogP contribution in [0.15, 0.2) is 18.2 Å². The largest absolute Gasteiger partial charge is 0.346 e. The summed E-state index contributed by atoms with van der Waals surface area (Å²) in [5.74, 6) is 2.67. The lowest BCUT2D eigenvalue weighted by Crippen LogP contribution is -2.04. The molecular weight excluding hydrogens is 232 g/mol. The quantitative estimate of drug-likeness (QED) is 0.745. The maximum absolute atomic E-state index is 5.54. The van der Waals surface area contributed by atoms with Gasteiger partial charge in [-0.25, -0.2) is 0 Å². The van der Waals surface area contributed by atoms with Gasteiger partial charge in [0.2, 0.25) is 0 Å². The van der Waals surface area contributed by atoms with Gasteiger partial charge in [-0.15, -0.1) is 6.42 Å². The van der Waals surface area contributed by atoms with Crippen LogP contribution in [-0.2, 0) is 18.9 Å². The second-order valence-electron chi connectivity index (χ2n) is 4.14. The predicted octanol–water partition coefficient (Wildman–Crippen LogP) is 1.76. The van der Waals surface area contributed by atoms with Gasteiger partial charge in [-0.3, -0.25) is 0 Å². The summed E-state index contributed by atoms with van der Waals surface area (Å²) in [5.41, 5.74) is 2.58. The number of ether oxygens (including phenoxy) is 4. The van der Waals surface area contributed by atoms with Crippen LogP contribution in [0.3, 0.4) is 0 Å². The van der Waals surface area contributed by atoms with Crippen molar-refractivity contribution in [3.05, 3.63) is 34.9 Å². The molecule has 0 atom stereocenters. The Morgan fingerprint density at radius 3 is 2.17 bits per heavy atom. The number of benzene rings is 1. The van der Waals surface area contributed by atoms with Crippen molar-refractivity contribution >= 4 is 0 Å². The summed E-state index contributed by atoms with van der Waals surface area (Å²) < 4.78 is 21.8. The molecule has 0 radical (unpaired) electrons. The Kier molecular flexibility index (Phi) is 3.31. The molecule has 4 heteroatoms. The molecule has 4 nitrogen and oxygen atoms in total. The maximum atomic E-state index is 5.54. The van der Waals surface area contributed by atoms with E-state index < -0.39 is 0 Å². The topological polar surface area (TPSA) is 36.9 Å². The highest BCUT2D eigenvalue weighted by atomic mass is 16.7. The Hall–Kier alpha value is -1.38. The van der Waals surface area contributed by atoms with Crippen LogP contribution in [0.4, 0.5) is 0 Å². The normalized spacial score (nSPS) is 21.3. The van der Waals surface area contributed by atoms with Crippen molar-refractivity contribution in [1.82, 2.24) is 0 Å². The third-order valence-corrected chi connectivity index (χ3v) is 3.00. The van der Waals surface area contributed by atoms with E-state index in [1.807, 2.05) is 18.2 Å². The molecule has 0 unspecified atom stereocenters. The molecule has 0 aliphatic carbocycles. The van der Waals surface area contributed by atoms with E-state index in [2.05, 4.69) is 5.92 Å². The molecule has 1 aromatic carbocycles.